The molecule has 0 amide bonds. The van der Waals surface area contributed by atoms with Gasteiger partial charge in [-0.15, -0.1) is 0 Å². The average Bonchev–Trinajstić information content (AvgIpc) is 2.91. The highest BCUT2D eigenvalue weighted by molar-refractivity contribution is 9.10. The van der Waals surface area contributed by atoms with Crippen LogP contribution in [-0.4, -0.2) is 6.61 Å². The molecule has 13 heavy (non-hydrogen) atoms. The maximum absolute atomic E-state index is 5.85. The van der Waals surface area contributed by atoms with E-state index in [4.69, 9.17) is 16.3 Å². The molecule has 70 valence electrons. The first-order valence-electron chi connectivity index (χ1n) is 4.33. The molecule has 1 aliphatic carbocycles. The van der Waals surface area contributed by atoms with Gasteiger partial charge in [0.15, 0.2) is 0 Å². The molecule has 0 heterocycles. The van der Waals surface area contributed by atoms with Crippen molar-refractivity contribution in [1.82, 2.24) is 0 Å². The van der Waals surface area contributed by atoms with Gasteiger partial charge in [0.1, 0.15) is 5.75 Å². The Hall–Kier alpha value is -0.210. The van der Waals surface area contributed by atoms with Crippen molar-refractivity contribution in [3.8, 4) is 5.75 Å². The van der Waals surface area contributed by atoms with Crippen LogP contribution in [0.5, 0.6) is 5.75 Å². The second-order valence-electron chi connectivity index (χ2n) is 3.33. The lowest BCUT2D eigenvalue weighted by molar-refractivity contribution is 0.299. The first-order valence-corrected chi connectivity index (χ1v) is 5.50. The van der Waals surface area contributed by atoms with E-state index in [1.165, 1.54) is 12.8 Å². The first-order chi connectivity index (χ1) is 6.25. The standard InChI is InChI=1S/C10H10BrClO/c11-9-5-8(3-4-10(9)12)13-6-7-1-2-7/h3-5,7H,1-2,6H2. The number of benzene rings is 1. The highest BCUT2D eigenvalue weighted by Gasteiger charge is 2.21. The van der Waals surface area contributed by atoms with Crippen LogP contribution in [0.4, 0.5) is 0 Å². The van der Waals surface area contributed by atoms with E-state index in [-0.39, 0.29) is 0 Å². The van der Waals surface area contributed by atoms with Crippen molar-refractivity contribution in [1.29, 1.82) is 0 Å². The van der Waals surface area contributed by atoms with E-state index >= 15 is 0 Å². The molecule has 0 radical (unpaired) electrons. The van der Waals surface area contributed by atoms with E-state index in [1.54, 1.807) is 0 Å². The minimum atomic E-state index is 0.721. The summed E-state index contributed by atoms with van der Waals surface area (Å²) >= 11 is 9.21. The molecule has 0 spiro atoms. The van der Waals surface area contributed by atoms with Crippen molar-refractivity contribution in [2.75, 3.05) is 6.61 Å². The lowest BCUT2D eigenvalue weighted by Crippen LogP contribution is -1.98. The molecule has 0 unspecified atom stereocenters. The van der Waals surface area contributed by atoms with Crippen LogP contribution < -0.4 is 4.74 Å². The number of rotatable bonds is 3. The van der Waals surface area contributed by atoms with Crippen molar-refractivity contribution in [2.45, 2.75) is 12.8 Å². The molecule has 1 aromatic rings. The molecule has 1 saturated carbocycles. The van der Waals surface area contributed by atoms with Crippen LogP contribution >= 0.6 is 27.5 Å². The maximum Gasteiger partial charge on any atom is 0.120 e. The van der Waals surface area contributed by atoms with E-state index in [9.17, 15) is 0 Å². The molecule has 3 heteroatoms. The molecule has 2 rings (SSSR count). The fourth-order valence-electron chi connectivity index (χ4n) is 1.07. The van der Waals surface area contributed by atoms with Crippen LogP contribution in [0.1, 0.15) is 12.8 Å². The first kappa shape index (κ1) is 9.35. The SMILES string of the molecule is Clc1ccc(OCC2CC2)cc1Br. The Kier molecular flexibility index (Phi) is 2.80. The van der Waals surface area contributed by atoms with Gasteiger partial charge in [0.25, 0.3) is 0 Å². The zero-order valence-corrected chi connectivity index (χ0v) is 9.44. The predicted octanol–water partition coefficient (Wildman–Crippen LogP) is 3.89. The average molecular weight is 262 g/mol. The fraction of sp³-hybridized carbons (Fsp3) is 0.400. The van der Waals surface area contributed by atoms with Crippen LogP contribution in [-0.2, 0) is 0 Å². The summed E-state index contributed by atoms with van der Waals surface area (Å²) in [5.74, 6) is 1.68. The zero-order chi connectivity index (χ0) is 9.26. The van der Waals surface area contributed by atoms with Crippen molar-refractivity contribution in [3.63, 3.8) is 0 Å². The van der Waals surface area contributed by atoms with Gasteiger partial charge in [-0.1, -0.05) is 11.6 Å². The lowest BCUT2D eigenvalue weighted by Gasteiger charge is -2.05. The Morgan fingerprint density at radius 2 is 2.23 bits per heavy atom. The molecule has 0 N–H and O–H groups in total. The van der Waals surface area contributed by atoms with E-state index in [1.807, 2.05) is 18.2 Å². The zero-order valence-electron chi connectivity index (χ0n) is 7.09. The van der Waals surface area contributed by atoms with Gasteiger partial charge in [-0.2, -0.15) is 0 Å². The normalized spacial score (nSPS) is 15.8. The minimum Gasteiger partial charge on any atom is -0.493 e. The quantitative estimate of drug-likeness (QED) is 0.802. The third-order valence-electron chi connectivity index (χ3n) is 2.07. The maximum atomic E-state index is 5.85. The van der Waals surface area contributed by atoms with Gasteiger partial charge in [-0.3, -0.25) is 0 Å². The van der Waals surface area contributed by atoms with Crippen molar-refractivity contribution >= 4 is 27.5 Å². The van der Waals surface area contributed by atoms with Gasteiger partial charge >= 0.3 is 0 Å². The summed E-state index contributed by atoms with van der Waals surface area (Å²) in [5.41, 5.74) is 0. The van der Waals surface area contributed by atoms with Crippen LogP contribution in [0.15, 0.2) is 22.7 Å². The van der Waals surface area contributed by atoms with Crippen molar-refractivity contribution in [3.05, 3.63) is 27.7 Å². The monoisotopic (exact) mass is 260 g/mol. The van der Waals surface area contributed by atoms with Crippen molar-refractivity contribution < 1.29 is 4.74 Å². The minimum absolute atomic E-state index is 0.721. The third-order valence-corrected chi connectivity index (χ3v) is 3.29. The van der Waals surface area contributed by atoms with Gasteiger partial charge in [0.05, 0.1) is 11.6 Å². The third kappa shape index (κ3) is 2.61. The van der Waals surface area contributed by atoms with Gasteiger partial charge in [0, 0.05) is 4.47 Å². The molecular weight excluding hydrogens is 251 g/mol. The smallest absolute Gasteiger partial charge is 0.120 e. The number of ether oxygens (including phenoxy) is 1. The van der Waals surface area contributed by atoms with E-state index in [2.05, 4.69) is 15.9 Å². The Morgan fingerprint density at radius 3 is 2.85 bits per heavy atom. The lowest BCUT2D eigenvalue weighted by atomic mass is 10.3. The summed E-state index contributed by atoms with van der Waals surface area (Å²) in [5, 5.41) is 0.721. The van der Waals surface area contributed by atoms with Crippen LogP contribution in [0.2, 0.25) is 5.02 Å². The molecule has 1 fully saturated rings. The second kappa shape index (κ2) is 3.89. The fourth-order valence-corrected chi connectivity index (χ4v) is 1.54. The molecule has 0 atom stereocenters. The molecule has 0 aromatic heterocycles. The Labute approximate surface area is 91.2 Å². The Bertz CT molecular complexity index is 310. The topological polar surface area (TPSA) is 9.23 Å². The summed E-state index contributed by atoms with van der Waals surface area (Å²) in [4.78, 5) is 0. The summed E-state index contributed by atoms with van der Waals surface area (Å²) < 4.78 is 6.47. The highest BCUT2D eigenvalue weighted by atomic mass is 79.9. The van der Waals surface area contributed by atoms with Gasteiger partial charge < -0.3 is 4.74 Å². The summed E-state index contributed by atoms with van der Waals surface area (Å²) in [7, 11) is 0. The molecule has 1 nitrogen and oxygen atoms in total. The molecule has 1 aromatic carbocycles. The number of hydrogen-bond donors (Lipinski definition) is 0. The van der Waals surface area contributed by atoms with E-state index < -0.39 is 0 Å². The van der Waals surface area contributed by atoms with Crippen molar-refractivity contribution in [2.24, 2.45) is 5.92 Å². The largest absolute Gasteiger partial charge is 0.493 e. The second-order valence-corrected chi connectivity index (χ2v) is 4.59. The molecule has 0 saturated heterocycles. The number of halogens is 2. The van der Waals surface area contributed by atoms with Gasteiger partial charge in [-0.05, 0) is 52.9 Å². The van der Waals surface area contributed by atoms with E-state index in [0.717, 1.165) is 27.8 Å². The molecule has 1 aliphatic rings. The van der Waals surface area contributed by atoms with Crippen LogP contribution in [0.3, 0.4) is 0 Å². The number of hydrogen-bond acceptors (Lipinski definition) is 1. The molecule has 0 bridgehead atoms. The summed E-state index contributed by atoms with van der Waals surface area (Å²) in [6.07, 6.45) is 2.63. The summed E-state index contributed by atoms with van der Waals surface area (Å²) in [6.45, 7) is 0.841. The van der Waals surface area contributed by atoms with Crippen LogP contribution in [0.25, 0.3) is 0 Å². The Balaban J connectivity index is 1.98. The van der Waals surface area contributed by atoms with E-state index in [0.29, 0.717) is 0 Å². The predicted molar refractivity (Wildman–Crippen MR) is 57.4 cm³/mol. The van der Waals surface area contributed by atoms with Crippen LogP contribution in [0, 0.1) is 5.92 Å². The molecule has 0 aliphatic heterocycles. The van der Waals surface area contributed by atoms with Gasteiger partial charge in [0.2, 0.25) is 0 Å². The van der Waals surface area contributed by atoms with Gasteiger partial charge in [-0.25, -0.2) is 0 Å². The summed E-state index contributed by atoms with van der Waals surface area (Å²) in [6, 6.07) is 5.65. The molecular formula is C10H10BrClO. The Morgan fingerprint density at radius 1 is 1.46 bits per heavy atom. The highest BCUT2D eigenvalue weighted by Crippen LogP contribution is 2.31.